The standard InChI is InChI=1S/2C19H18N6O2/c2*26-17-11-27-16-5-1-3-15(10-16)24-19-23-12-22-18(25-19)13-6-8-20-14(9-13)4-2-7-21-17/h2*1,3,5-6,8-10,12H,2,4,7,11H2,(H,21,26)(H,22,23,24,25). The molecule has 16 heteroatoms. The second-order valence-corrected chi connectivity index (χ2v) is 12.1. The monoisotopic (exact) mass is 724 g/mol. The summed E-state index contributed by atoms with van der Waals surface area (Å²) in [5.41, 5.74) is 5.09. The zero-order valence-electron chi connectivity index (χ0n) is 29.1. The number of hydrogen-bond acceptors (Lipinski definition) is 14. The van der Waals surface area contributed by atoms with Gasteiger partial charge in [0.1, 0.15) is 24.2 Å². The number of aromatic nitrogens is 8. The SMILES string of the molecule is O=C1COc2cccc(c2)Nc2ncnc(n2)-c2ccnc(c2)CCCN1.O=C1COc2cccc(c2)Nc2ncnc(n2)-c2ccnc(c2)CCCN1. The van der Waals surface area contributed by atoms with Gasteiger partial charge in [-0.3, -0.25) is 19.6 Å². The number of carbonyl (C=O) groups excluding carboxylic acids is 2. The van der Waals surface area contributed by atoms with Crippen LogP contribution in [0.1, 0.15) is 24.2 Å². The van der Waals surface area contributed by atoms with E-state index in [0.717, 1.165) is 59.6 Å². The molecule has 54 heavy (non-hydrogen) atoms. The van der Waals surface area contributed by atoms with Crippen LogP contribution in [0.5, 0.6) is 11.5 Å². The Balaban J connectivity index is 0.000000167. The van der Waals surface area contributed by atoms with Gasteiger partial charge >= 0.3 is 0 Å². The molecule has 2 aromatic carbocycles. The van der Waals surface area contributed by atoms with Gasteiger partial charge in [-0.2, -0.15) is 9.97 Å². The molecule has 4 aromatic heterocycles. The molecule has 0 saturated heterocycles. The van der Waals surface area contributed by atoms with Gasteiger partial charge < -0.3 is 30.7 Å². The molecule has 4 N–H and O–H groups in total. The average Bonchev–Trinajstić information content (AvgIpc) is 3.20. The third-order valence-electron chi connectivity index (χ3n) is 8.08. The Kier molecular flexibility index (Phi) is 11.4. The van der Waals surface area contributed by atoms with Gasteiger partial charge in [-0.25, -0.2) is 19.9 Å². The molecule has 0 aliphatic carbocycles. The summed E-state index contributed by atoms with van der Waals surface area (Å²) < 4.78 is 11.1. The minimum atomic E-state index is -0.154. The van der Waals surface area contributed by atoms with Gasteiger partial charge in [0.05, 0.1) is 0 Å². The number of anilines is 4. The van der Waals surface area contributed by atoms with Crippen molar-refractivity contribution in [3.63, 3.8) is 0 Å². The third-order valence-corrected chi connectivity index (χ3v) is 8.08. The highest BCUT2D eigenvalue weighted by Gasteiger charge is 2.11. The Hall–Kier alpha value is -7.10. The molecule has 0 saturated carbocycles. The first kappa shape index (κ1) is 35.3. The largest absolute Gasteiger partial charge is 0.484 e. The summed E-state index contributed by atoms with van der Waals surface area (Å²) in [6.07, 6.45) is 9.47. The number of nitrogens with one attached hydrogen (secondary N) is 4. The fourth-order valence-corrected chi connectivity index (χ4v) is 5.48. The molecule has 16 nitrogen and oxygen atoms in total. The van der Waals surface area contributed by atoms with Gasteiger partial charge in [0.15, 0.2) is 24.9 Å². The number of pyridine rings is 2. The number of fused-ring (bicyclic) bond motifs is 14. The molecule has 0 atom stereocenters. The predicted molar refractivity (Wildman–Crippen MR) is 199 cm³/mol. The molecule has 0 spiro atoms. The fourth-order valence-electron chi connectivity index (χ4n) is 5.48. The molecule has 2 aliphatic heterocycles. The molecule has 0 radical (unpaired) electrons. The van der Waals surface area contributed by atoms with E-state index in [1.165, 1.54) is 12.7 Å². The Labute approximate surface area is 310 Å². The summed E-state index contributed by atoms with van der Waals surface area (Å²) in [7, 11) is 0. The molecule has 6 aromatic rings. The lowest BCUT2D eigenvalue weighted by Crippen LogP contribution is -2.29. The van der Waals surface area contributed by atoms with Crippen molar-refractivity contribution in [1.29, 1.82) is 0 Å². The smallest absolute Gasteiger partial charge is 0.257 e. The van der Waals surface area contributed by atoms with Gasteiger partial charge in [0, 0.05) is 71.5 Å². The maximum Gasteiger partial charge on any atom is 0.257 e. The summed E-state index contributed by atoms with van der Waals surface area (Å²) in [5, 5.41) is 12.0. The molecular formula is C38H36N12O4. The zero-order chi connectivity index (χ0) is 37.0. The van der Waals surface area contributed by atoms with E-state index in [4.69, 9.17) is 9.47 Å². The van der Waals surface area contributed by atoms with Gasteiger partial charge in [0.25, 0.3) is 11.8 Å². The van der Waals surface area contributed by atoms with Crippen LogP contribution in [0.15, 0.2) is 97.8 Å². The maximum atomic E-state index is 11.9. The van der Waals surface area contributed by atoms with Gasteiger partial charge in [0.2, 0.25) is 11.9 Å². The predicted octanol–water partition coefficient (Wildman–Crippen LogP) is 4.24. The van der Waals surface area contributed by atoms with Crippen molar-refractivity contribution in [3.8, 4) is 34.3 Å². The topological polar surface area (TPSA) is 204 Å². The number of hydrogen-bond donors (Lipinski definition) is 4. The third kappa shape index (κ3) is 10.0. The molecule has 0 unspecified atom stereocenters. The van der Waals surface area contributed by atoms with E-state index in [0.29, 0.717) is 48.1 Å². The van der Waals surface area contributed by atoms with Gasteiger partial charge in [-0.05, 0) is 74.2 Å². The summed E-state index contributed by atoms with van der Waals surface area (Å²) >= 11 is 0. The van der Waals surface area contributed by atoms with E-state index in [2.05, 4.69) is 61.1 Å². The number of nitrogens with zero attached hydrogens (tertiary/aromatic N) is 8. The van der Waals surface area contributed by atoms with Crippen LogP contribution in [0.3, 0.4) is 0 Å². The summed E-state index contributed by atoms with van der Waals surface area (Å²) in [6, 6.07) is 22.2. The van der Waals surface area contributed by atoms with Crippen LogP contribution in [-0.4, -0.2) is 78.0 Å². The Morgan fingerprint density at radius 3 is 1.50 bits per heavy atom. The van der Waals surface area contributed by atoms with Crippen LogP contribution in [0.4, 0.5) is 23.3 Å². The molecule has 2 amide bonds. The first-order valence-electron chi connectivity index (χ1n) is 17.3. The van der Waals surface area contributed by atoms with Gasteiger partial charge in [-0.15, -0.1) is 0 Å². The quantitative estimate of drug-likeness (QED) is 0.173. The van der Waals surface area contributed by atoms with E-state index in [1.54, 1.807) is 36.7 Å². The number of benzene rings is 2. The highest BCUT2D eigenvalue weighted by Crippen LogP contribution is 2.23. The Morgan fingerprint density at radius 1 is 0.537 bits per heavy atom. The Morgan fingerprint density at radius 2 is 1.02 bits per heavy atom. The van der Waals surface area contributed by atoms with Crippen molar-refractivity contribution in [3.05, 3.63) is 109 Å². The normalized spacial score (nSPS) is 14.3. The maximum absolute atomic E-state index is 11.9. The lowest BCUT2D eigenvalue weighted by molar-refractivity contribution is -0.123. The summed E-state index contributed by atoms with van der Waals surface area (Å²) in [4.78, 5) is 58.5. The lowest BCUT2D eigenvalue weighted by atomic mass is 10.1. The van der Waals surface area contributed by atoms with Crippen LogP contribution >= 0.6 is 0 Å². The molecular weight excluding hydrogens is 688 g/mol. The number of amides is 2. The van der Waals surface area contributed by atoms with E-state index >= 15 is 0 Å². The van der Waals surface area contributed by atoms with E-state index in [9.17, 15) is 9.59 Å². The summed E-state index contributed by atoms with van der Waals surface area (Å²) in [6.45, 7) is 1.05. The lowest BCUT2D eigenvalue weighted by Gasteiger charge is -2.09. The van der Waals surface area contributed by atoms with E-state index in [1.807, 2.05) is 48.5 Å². The number of aryl methyl sites for hydroxylation is 2. The fraction of sp³-hybridized carbons (Fsp3) is 0.211. The van der Waals surface area contributed by atoms with Crippen molar-refractivity contribution < 1.29 is 19.1 Å². The summed E-state index contributed by atoms with van der Waals surface area (Å²) in [5.74, 6) is 2.86. The molecule has 12 bridgehead atoms. The number of carbonyl (C=O) groups is 2. The van der Waals surface area contributed by atoms with E-state index < -0.39 is 0 Å². The van der Waals surface area contributed by atoms with Crippen molar-refractivity contribution in [1.82, 2.24) is 50.5 Å². The van der Waals surface area contributed by atoms with Crippen molar-refractivity contribution in [2.75, 3.05) is 36.9 Å². The minimum Gasteiger partial charge on any atom is -0.484 e. The molecule has 6 heterocycles. The highest BCUT2D eigenvalue weighted by atomic mass is 16.5. The van der Waals surface area contributed by atoms with Crippen LogP contribution in [0.25, 0.3) is 22.8 Å². The minimum absolute atomic E-state index is 0.0346. The van der Waals surface area contributed by atoms with Crippen molar-refractivity contribution in [2.24, 2.45) is 0 Å². The van der Waals surface area contributed by atoms with Crippen LogP contribution in [-0.2, 0) is 22.4 Å². The number of ether oxygens (including phenoxy) is 2. The first-order valence-corrected chi connectivity index (χ1v) is 17.3. The van der Waals surface area contributed by atoms with Crippen molar-refractivity contribution in [2.45, 2.75) is 25.7 Å². The highest BCUT2D eigenvalue weighted by molar-refractivity contribution is 5.78. The number of rotatable bonds is 0. The average molecular weight is 725 g/mol. The zero-order valence-corrected chi connectivity index (χ0v) is 29.1. The molecule has 0 fully saturated rings. The second-order valence-electron chi connectivity index (χ2n) is 12.1. The second kappa shape index (κ2) is 17.4. The van der Waals surface area contributed by atoms with Crippen LogP contribution in [0.2, 0.25) is 0 Å². The van der Waals surface area contributed by atoms with Gasteiger partial charge in [-0.1, -0.05) is 12.1 Å². The van der Waals surface area contributed by atoms with E-state index in [-0.39, 0.29) is 25.0 Å². The molecule has 8 rings (SSSR count). The van der Waals surface area contributed by atoms with Crippen LogP contribution in [0, 0.1) is 0 Å². The molecule has 2 aliphatic rings. The van der Waals surface area contributed by atoms with Crippen molar-refractivity contribution >= 4 is 35.1 Å². The molecule has 272 valence electrons. The Bertz CT molecular complexity index is 2080. The first-order chi connectivity index (χ1) is 26.5. The van der Waals surface area contributed by atoms with Crippen LogP contribution < -0.4 is 30.7 Å².